The molecule has 0 bridgehead atoms. The molecule has 1 aromatic carbocycles. The van der Waals surface area contributed by atoms with Crippen molar-refractivity contribution >= 4 is 17.3 Å². The molecule has 1 aromatic heterocycles. The number of aromatic nitrogens is 2. The van der Waals surface area contributed by atoms with Crippen LogP contribution in [0.25, 0.3) is 0 Å². The number of carbonyl (C=O) groups is 1. The molecule has 1 aliphatic rings. The highest BCUT2D eigenvalue weighted by Crippen LogP contribution is 2.27. The summed E-state index contributed by atoms with van der Waals surface area (Å²) in [6, 6.07) is 7.90. The molecule has 5 nitrogen and oxygen atoms in total. The number of anilines is 2. The van der Waals surface area contributed by atoms with Crippen LogP contribution < -0.4 is 10.2 Å². The van der Waals surface area contributed by atoms with Gasteiger partial charge in [0.25, 0.3) is 0 Å². The van der Waals surface area contributed by atoms with E-state index in [4.69, 9.17) is 0 Å². The Morgan fingerprint density at radius 2 is 2.23 bits per heavy atom. The molecule has 0 saturated carbocycles. The Kier molecular flexibility index (Phi) is 4.13. The summed E-state index contributed by atoms with van der Waals surface area (Å²) in [5.74, 6) is 0.108. The second-order valence-electron chi connectivity index (χ2n) is 5.67. The van der Waals surface area contributed by atoms with Gasteiger partial charge in [0.05, 0.1) is 11.9 Å². The van der Waals surface area contributed by atoms with Gasteiger partial charge in [-0.15, -0.1) is 0 Å². The van der Waals surface area contributed by atoms with Gasteiger partial charge < -0.3 is 10.2 Å². The molecular formula is C17H22N4O. The quantitative estimate of drug-likeness (QED) is 0.944. The van der Waals surface area contributed by atoms with E-state index in [1.807, 2.05) is 47.8 Å². The van der Waals surface area contributed by atoms with Gasteiger partial charge in [-0.25, -0.2) is 0 Å². The monoisotopic (exact) mass is 298 g/mol. The number of nitrogens with zero attached hydrogens (tertiary/aromatic N) is 3. The highest BCUT2D eigenvalue weighted by atomic mass is 16.2. The van der Waals surface area contributed by atoms with Crippen LogP contribution in [0.3, 0.4) is 0 Å². The van der Waals surface area contributed by atoms with Crippen LogP contribution in [-0.4, -0.2) is 28.3 Å². The van der Waals surface area contributed by atoms with E-state index >= 15 is 0 Å². The number of amides is 1. The van der Waals surface area contributed by atoms with Crippen LogP contribution in [-0.2, 0) is 17.8 Å². The van der Waals surface area contributed by atoms with Gasteiger partial charge in [0, 0.05) is 25.0 Å². The first-order chi connectivity index (χ1) is 10.7. The van der Waals surface area contributed by atoms with Gasteiger partial charge in [-0.3, -0.25) is 9.48 Å². The van der Waals surface area contributed by atoms with Gasteiger partial charge in [-0.05, 0) is 38.3 Å². The summed E-state index contributed by atoms with van der Waals surface area (Å²) in [7, 11) is 0. The molecule has 0 unspecified atom stereocenters. The molecule has 22 heavy (non-hydrogen) atoms. The first-order valence-corrected chi connectivity index (χ1v) is 7.87. The Morgan fingerprint density at radius 3 is 3.00 bits per heavy atom. The van der Waals surface area contributed by atoms with Crippen LogP contribution >= 0.6 is 0 Å². The molecule has 0 fully saturated rings. The molecular weight excluding hydrogens is 276 g/mol. The zero-order valence-electron chi connectivity index (χ0n) is 13.1. The van der Waals surface area contributed by atoms with Gasteiger partial charge in [0.2, 0.25) is 5.91 Å². The summed E-state index contributed by atoms with van der Waals surface area (Å²) in [6.45, 7) is 5.55. The highest BCUT2D eigenvalue weighted by molar-refractivity contribution is 5.99. The lowest BCUT2D eigenvalue weighted by molar-refractivity contribution is -0.119. The van der Waals surface area contributed by atoms with Crippen LogP contribution in [0.1, 0.15) is 25.8 Å². The number of aryl methyl sites for hydroxylation is 2. The number of carbonyl (C=O) groups excluding carboxylic acids is 1. The van der Waals surface area contributed by atoms with Gasteiger partial charge in [0.1, 0.15) is 6.04 Å². The summed E-state index contributed by atoms with van der Waals surface area (Å²) in [6.07, 6.45) is 5.75. The van der Waals surface area contributed by atoms with Crippen LogP contribution in [0, 0.1) is 0 Å². The van der Waals surface area contributed by atoms with Gasteiger partial charge in [0.15, 0.2) is 0 Å². The van der Waals surface area contributed by atoms with Crippen LogP contribution in [0.5, 0.6) is 0 Å². The Hall–Kier alpha value is -2.30. The third-order valence-electron chi connectivity index (χ3n) is 4.09. The molecule has 116 valence electrons. The van der Waals surface area contributed by atoms with Gasteiger partial charge in [-0.1, -0.05) is 18.2 Å². The topological polar surface area (TPSA) is 50.2 Å². The van der Waals surface area contributed by atoms with E-state index < -0.39 is 0 Å². The molecule has 0 spiro atoms. The molecule has 1 atom stereocenters. The molecule has 1 aliphatic heterocycles. The number of nitrogens with one attached hydrogen (secondary N) is 1. The maximum absolute atomic E-state index is 12.8. The summed E-state index contributed by atoms with van der Waals surface area (Å²) in [5.41, 5.74) is 3.19. The maximum atomic E-state index is 12.8. The Labute approximate surface area is 130 Å². The molecule has 5 heteroatoms. The molecule has 3 rings (SSSR count). The molecule has 0 saturated heterocycles. The highest BCUT2D eigenvalue weighted by Gasteiger charge is 2.26. The smallest absolute Gasteiger partial charge is 0.249 e. The summed E-state index contributed by atoms with van der Waals surface area (Å²) >= 11 is 0. The third kappa shape index (κ3) is 2.84. The van der Waals surface area contributed by atoms with Crippen molar-refractivity contribution in [3.63, 3.8) is 0 Å². The minimum atomic E-state index is -0.277. The normalized spacial score (nSPS) is 15.3. The second-order valence-corrected chi connectivity index (χ2v) is 5.67. The molecule has 0 radical (unpaired) electrons. The van der Waals surface area contributed by atoms with Crippen molar-refractivity contribution in [2.45, 2.75) is 39.3 Å². The van der Waals surface area contributed by atoms with Crippen molar-refractivity contribution in [3.05, 3.63) is 42.2 Å². The molecule has 1 amide bonds. The fourth-order valence-corrected chi connectivity index (χ4v) is 2.92. The fraction of sp³-hybridized carbons (Fsp3) is 0.412. The Balaban J connectivity index is 1.73. The van der Waals surface area contributed by atoms with E-state index in [-0.39, 0.29) is 11.9 Å². The minimum Gasteiger partial charge on any atom is -0.371 e. The molecule has 2 aromatic rings. The largest absolute Gasteiger partial charge is 0.371 e. The Bertz CT molecular complexity index is 664. The number of rotatable bonds is 4. The molecule has 1 N–H and O–H groups in total. The van der Waals surface area contributed by atoms with Crippen molar-refractivity contribution in [1.82, 2.24) is 9.78 Å². The number of para-hydroxylation sites is 1. The average molecular weight is 298 g/mol. The van der Waals surface area contributed by atoms with Crippen LogP contribution in [0.15, 0.2) is 36.7 Å². The van der Waals surface area contributed by atoms with Gasteiger partial charge >= 0.3 is 0 Å². The summed E-state index contributed by atoms with van der Waals surface area (Å²) < 4.78 is 1.84. The lowest BCUT2D eigenvalue weighted by Gasteiger charge is -2.31. The average Bonchev–Trinajstić information content (AvgIpc) is 3.01. The Morgan fingerprint density at radius 1 is 1.41 bits per heavy atom. The van der Waals surface area contributed by atoms with E-state index in [2.05, 4.69) is 16.5 Å². The zero-order chi connectivity index (χ0) is 15.5. The van der Waals surface area contributed by atoms with E-state index in [9.17, 15) is 4.79 Å². The predicted molar refractivity (Wildman–Crippen MR) is 88.1 cm³/mol. The van der Waals surface area contributed by atoms with Crippen LogP contribution in [0.4, 0.5) is 11.4 Å². The number of hydrogen-bond donors (Lipinski definition) is 1. The number of fused-ring (bicyclic) bond motifs is 1. The molecule has 0 aliphatic carbocycles. The second kappa shape index (κ2) is 6.22. The van der Waals surface area contributed by atoms with E-state index in [0.717, 1.165) is 37.3 Å². The predicted octanol–water partition coefficient (Wildman–Crippen LogP) is 2.68. The van der Waals surface area contributed by atoms with Crippen molar-refractivity contribution in [2.24, 2.45) is 0 Å². The van der Waals surface area contributed by atoms with E-state index in [1.165, 1.54) is 5.56 Å². The van der Waals surface area contributed by atoms with Crippen molar-refractivity contribution in [2.75, 3.05) is 16.8 Å². The van der Waals surface area contributed by atoms with Crippen molar-refractivity contribution < 1.29 is 4.79 Å². The SMILES string of the molecule is CCn1cc(N[C@H](C)C(=O)N2CCCc3ccccc32)cn1. The third-order valence-corrected chi connectivity index (χ3v) is 4.09. The van der Waals surface area contributed by atoms with E-state index in [1.54, 1.807) is 6.20 Å². The number of hydrogen-bond acceptors (Lipinski definition) is 3. The summed E-state index contributed by atoms with van der Waals surface area (Å²) in [5, 5.41) is 7.47. The molecule has 2 heterocycles. The van der Waals surface area contributed by atoms with Gasteiger partial charge in [-0.2, -0.15) is 5.10 Å². The lowest BCUT2D eigenvalue weighted by atomic mass is 10.0. The lowest BCUT2D eigenvalue weighted by Crippen LogP contribution is -2.44. The van der Waals surface area contributed by atoms with E-state index in [0.29, 0.717) is 0 Å². The standard InChI is InChI=1S/C17H22N4O/c1-3-20-12-15(11-18-20)19-13(2)17(22)21-10-6-8-14-7-4-5-9-16(14)21/h4-5,7,9,11-13,19H,3,6,8,10H2,1-2H3/t13-/m1/s1. The van der Waals surface area contributed by atoms with Crippen molar-refractivity contribution in [1.29, 1.82) is 0 Å². The first-order valence-electron chi connectivity index (χ1n) is 7.87. The van der Waals surface area contributed by atoms with Crippen molar-refractivity contribution in [3.8, 4) is 0 Å². The van der Waals surface area contributed by atoms with Crippen LogP contribution in [0.2, 0.25) is 0 Å². The fourth-order valence-electron chi connectivity index (χ4n) is 2.92. The summed E-state index contributed by atoms with van der Waals surface area (Å²) in [4.78, 5) is 14.7. The first kappa shape index (κ1) is 14.6. The zero-order valence-corrected chi connectivity index (χ0v) is 13.1. The number of benzene rings is 1. The minimum absolute atomic E-state index is 0.108. The maximum Gasteiger partial charge on any atom is 0.249 e.